The van der Waals surface area contributed by atoms with Crippen molar-refractivity contribution in [2.75, 3.05) is 39.2 Å². The van der Waals surface area contributed by atoms with Gasteiger partial charge in [0.15, 0.2) is 0 Å². The maximum Gasteiger partial charge on any atom is 0.230 e. The second-order valence-corrected chi connectivity index (χ2v) is 5.43. The standard InChI is InChI=1S/C16H24N2O3/c1-20-13-6-7-14(15(12-13)21-2)17-16(19)8-11-18-9-4-3-5-10-18/h6-7,12H,3-5,8-11H2,1-2H3,(H,17,19)/p+1. The SMILES string of the molecule is COc1ccc(NC(=O)CC[NH+]2CCCCC2)c(OC)c1. The zero-order valence-electron chi connectivity index (χ0n) is 12.9. The van der Waals surface area contributed by atoms with E-state index in [-0.39, 0.29) is 5.91 Å². The molecular weight excluding hydrogens is 268 g/mol. The Morgan fingerprint density at radius 3 is 2.62 bits per heavy atom. The van der Waals surface area contributed by atoms with E-state index in [0.29, 0.717) is 23.6 Å². The summed E-state index contributed by atoms with van der Waals surface area (Å²) in [5.41, 5.74) is 0.692. The summed E-state index contributed by atoms with van der Waals surface area (Å²) >= 11 is 0. The highest BCUT2D eigenvalue weighted by Crippen LogP contribution is 2.28. The molecule has 1 fully saturated rings. The number of quaternary nitrogens is 1. The van der Waals surface area contributed by atoms with E-state index in [4.69, 9.17) is 9.47 Å². The summed E-state index contributed by atoms with van der Waals surface area (Å²) in [7, 11) is 3.19. The van der Waals surface area contributed by atoms with Crippen molar-refractivity contribution in [3.05, 3.63) is 18.2 Å². The Hall–Kier alpha value is -1.75. The van der Waals surface area contributed by atoms with Crippen LogP contribution in [0.3, 0.4) is 0 Å². The average molecular weight is 293 g/mol. The Bertz CT molecular complexity index is 471. The lowest BCUT2D eigenvalue weighted by molar-refractivity contribution is -0.904. The second-order valence-electron chi connectivity index (χ2n) is 5.43. The highest BCUT2D eigenvalue weighted by molar-refractivity contribution is 5.92. The largest absolute Gasteiger partial charge is 0.497 e. The van der Waals surface area contributed by atoms with E-state index in [1.807, 2.05) is 12.1 Å². The molecule has 21 heavy (non-hydrogen) atoms. The topological polar surface area (TPSA) is 52.0 Å². The van der Waals surface area contributed by atoms with E-state index >= 15 is 0 Å². The van der Waals surface area contributed by atoms with Crippen LogP contribution in [0.1, 0.15) is 25.7 Å². The Morgan fingerprint density at radius 1 is 1.19 bits per heavy atom. The molecule has 2 N–H and O–H groups in total. The van der Waals surface area contributed by atoms with Crippen LogP contribution in [0.25, 0.3) is 0 Å². The fraction of sp³-hybridized carbons (Fsp3) is 0.562. The maximum atomic E-state index is 12.1. The first kappa shape index (κ1) is 15.6. The molecule has 1 amide bonds. The van der Waals surface area contributed by atoms with Crippen LogP contribution in [0.15, 0.2) is 18.2 Å². The summed E-state index contributed by atoms with van der Waals surface area (Å²) in [6, 6.07) is 5.39. The Kier molecular flexibility index (Phi) is 5.87. The van der Waals surface area contributed by atoms with Crippen LogP contribution in [0.4, 0.5) is 5.69 Å². The van der Waals surface area contributed by atoms with Gasteiger partial charge in [-0.25, -0.2) is 0 Å². The van der Waals surface area contributed by atoms with Crippen LogP contribution >= 0.6 is 0 Å². The number of benzene rings is 1. The molecule has 0 unspecified atom stereocenters. The summed E-state index contributed by atoms with van der Waals surface area (Å²) in [4.78, 5) is 13.6. The van der Waals surface area contributed by atoms with Crippen molar-refractivity contribution < 1.29 is 19.2 Å². The number of rotatable bonds is 6. The molecule has 5 nitrogen and oxygen atoms in total. The number of piperidine rings is 1. The molecule has 1 saturated heterocycles. The second kappa shape index (κ2) is 7.88. The summed E-state index contributed by atoms with van der Waals surface area (Å²) < 4.78 is 10.4. The predicted octanol–water partition coefficient (Wildman–Crippen LogP) is 1.10. The lowest BCUT2D eigenvalue weighted by Crippen LogP contribution is -3.12. The Balaban J connectivity index is 1.86. The number of anilines is 1. The highest BCUT2D eigenvalue weighted by Gasteiger charge is 2.15. The van der Waals surface area contributed by atoms with Crippen LogP contribution < -0.4 is 19.7 Å². The molecule has 0 atom stereocenters. The molecule has 5 heteroatoms. The van der Waals surface area contributed by atoms with Crippen molar-refractivity contribution in [1.29, 1.82) is 0 Å². The van der Waals surface area contributed by atoms with Crippen LogP contribution in [-0.4, -0.2) is 39.8 Å². The number of hydrogen-bond donors (Lipinski definition) is 2. The first-order chi connectivity index (χ1) is 10.2. The quantitative estimate of drug-likeness (QED) is 0.826. The van der Waals surface area contributed by atoms with Gasteiger partial charge in [0.05, 0.1) is 46.0 Å². The number of carbonyl (C=O) groups is 1. The summed E-state index contributed by atoms with van der Waals surface area (Å²) in [6.07, 6.45) is 4.44. The van der Waals surface area contributed by atoms with Crippen molar-refractivity contribution in [3.8, 4) is 11.5 Å². The molecule has 0 bridgehead atoms. The molecule has 1 aromatic rings. The fourth-order valence-electron chi connectivity index (χ4n) is 2.71. The van der Waals surface area contributed by atoms with Crippen LogP contribution in [-0.2, 0) is 4.79 Å². The van der Waals surface area contributed by atoms with E-state index in [0.717, 1.165) is 6.54 Å². The molecule has 0 aromatic heterocycles. The summed E-state index contributed by atoms with van der Waals surface area (Å²) in [6.45, 7) is 3.29. The number of nitrogens with one attached hydrogen (secondary N) is 2. The zero-order chi connectivity index (χ0) is 15.1. The fourth-order valence-corrected chi connectivity index (χ4v) is 2.71. The molecule has 116 valence electrons. The van der Waals surface area contributed by atoms with Crippen molar-refractivity contribution in [2.45, 2.75) is 25.7 Å². The molecule has 0 spiro atoms. The molecule has 1 aliphatic rings. The third-order valence-electron chi connectivity index (χ3n) is 3.95. The average Bonchev–Trinajstić information content (AvgIpc) is 2.54. The number of hydrogen-bond acceptors (Lipinski definition) is 3. The van der Waals surface area contributed by atoms with Crippen molar-refractivity contribution in [2.24, 2.45) is 0 Å². The van der Waals surface area contributed by atoms with Gasteiger partial charge < -0.3 is 19.7 Å². The number of methoxy groups -OCH3 is 2. The van der Waals surface area contributed by atoms with Crippen molar-refractivity contribution in [1.82, 2.24) is 0 Å². The molecule has 1 aromatic carbocycles. The minimum Gasteiger partial charge on any atom is -0.497 e. The maximum absolute atomic E-state index is 12.1. The van der Waals surface area contributed by atoms with Gasteiger partial charge in [-0.15, -0.1) is 0 Å². The molecular formula is C16H25N2O3+. The number of likely N-dealkylation sites (tertiary alicyclic amines) is 1. The third kappa shape index (κ3) is 4.63. The predicted molar refractivity (Wildman–Crippen MR) is 82.2 cm³/mol. The van der Waals surface area contributed by atoms with E-state index in [9.17, 15) is 4.79 Å². The summed E-state index contributed by atoms with van der Waals surface area (Å²) in [5, 5.41) is 2.92. The number of carbonyl (C=O) groups excluding carboxylic acids is 1. The van der Waals surface area contributed by atoms with Crippen molar-refractivity contribution >= 4 is 11.6 Å². The Morgan fingerprint density at radius 2 is 1.95 bits per heavy atom. The minimum atomic E-state index is 0.0385. The van der Waals surface area contributed by atoms with E-state index in [1.54, 1.807) is 20.3 Å². The van der Waals surface area contributed by atoms with E-state index in [2.05, 4.69) is 5.32 Å². The van der Waals surface area contributed by atoms with Gasteiger partial charge in [-0.1, -0.05) is 0 Å². The van der Waals surface area contributed by atoms with E-state index in [1.165, 1.54) is 37.3 Å². The highest BCUT2D eigenvalue weighted by atomic mass is 16.5. The van der Waals surface area contributed by atoms with Gasteiger partial charge in [0.25, 0.3) is 0 Å². The lowest BCUT2D eigenvalue weighted by atomic mass is 10.1. The van der Waals surface area contributed by atoms with Crippen LogP contribution in [0, 0.1) is 0 Å². The lowest BCUT2D eigenvalue weighted by Gasteiger charge is -2.23. The smallest absolute Gasteiger partial charge is 0.230 e. The molecule has 2 rings (SSSR count). The van der Waals surface area contributed by atoms with Gasteiger partial charge in [0.2, 0.25) is 5.91 Å². The monoisotopic (exact) mass is 293 g/mol. The van der Waals surface area contributed by atoms with Crippen molar-refractivity contribution in [3.63, 3.8) is 0 Å². The molecule has 1 heterocycles. The number of amides is 1. The molecule has 0 radical (unpaired) electrons. The van der Waals surface area contributed by atoms with Gasteiger partial charge in [-0.05, 0) is 31.4 Å². The van der Waals surface area contributed by atoms with Gasteiger partial charge in [0, 0.05) is 6.07 Å². The molecule has 0 aliphatic carbocycles. The van der Waals surface area contributed by atoms with Crippen LogP contribution in [0.5, 0.6) is 11.5 Å². The normalized spacial score (nSPS) is 15.5. The first-order valence-corrected chi connectivity index (χ1v) is 7.58. The minimum absolute atomic E-state index is 0.0385. The van der Waals surface area contributed by atoms with Crippen LogP contribution in [0.2, 0.25) is 0 Å². The van der Waals surface area contributed by atoms with Gasteiger partial charge in [0.1, 0.15) is 11.5 Å². The van der Waals surface area contributed by atoms with Gasteiger partial charge in [-0.3, -0.25) is 4.79 Å². The first-order valence-electron chi connectivity index (χ1n) is 7.58. The Labute approximate surface area is 126 Å². The van der Waals surface area contributed by atoms with E-state index < -0.39 is 0 Å². The zero-order valence-corrected chi connectivity index (χ0v) is 12.9. The number of ether oxygens (including phenoxy) is 2. The van der Waals surface area contributed by atoms with Gasteiger partial charge in [-0.2, -0.15) is 0 Å². The third-order valence-corrected chi connectivity index (χ3v) is 3.95. The van der Waals surface area contributed by atoms with Gasteiger partial charge >= 0.3 is 0 Å². The molecule has 1 aliphatic heterocycles. The molecule has 0 saturated carbocycles. The summed E-state index contributed by atoms with van der Waals surface area (Å²) in [5.74, 6) is 1.37.